The monoisotopic (exact) mass is 355 g/mol. The summed E-state index contributed by atoms with van der Waals surface area (Å²) in [7, 11) is 1.75. The zero-order chi connectivity index (χ0) is 18.4. The van der Waals surface area contributed by atoms with E-state index >= 15 is 0 Å². The Labute approximate surface area is 155 Å². The number of hydrogen-bond acceptors (Lipinski definition) is 2. The third kappa shape index (κ3) is 5.29. The van der Waals surface area contributed by atoms with Crippen LogP contribution in [0.5, 0.6) is 0 Å². The van der Waals surface area contributed by atoms with Crippen LogP contribution in [0.25, 0.3) is 0 Å². The summed E-state index contributed by atoms with van der Waals surface area (Å²) in [6.45, 7) is 5.95. The van der Waals surface area contributed by atoms with Gasteiger partial charge in [-0.3, -0.25) is 4.79 Å². The minimum atomic E-state index is -0.00117. The van der Waals surface area contributed by atoms with E-state index in [9.17, 15) is 4.79 Å². The molecule has 0 unspecified atom stereocenters. The fraction of sp³-hybridized carbons (Fsp3) is 0.300. The molecule has 0 aliphatic carbocycles. The number of nitrogens with one attached hydrogen (secondary N) is 2. The van der Waals surface area contributed by atoms with Gasteiger partial charge in [-0.25, -0.2) is 0 Å². The molecule has 0 aromatic heterocycles. The zero-order valence-corrected chi connectivity index (χ0v) is 16.0. The molecule has 2 N–H and O–H groups in total. The van der Waals surface area contributed by atoms with E-state index in [1.165, 1.54) is 12.5 Å². The van der Waals surface area contributed by atoms with Crippen molar-refractivity contribution in [2.75, 3.05) is 22.6 Å². The lowest BCUT2D eigenvalue weighted by atomic mass is 9.99. The molecule has 0 saturated heterocycles. The first kappa shape index (κ1) is 18.9. The molecule has 0 aliphatic heterocycles. The summed E-state index contributed by atoms with van der Waals surface area (Å²) in [6, 6.07) is 15.9. The third-order valence-electron chi connectivity index (χ3n) is 4.33. The number of thiocarbonyl (C=S) groups is 1. The Bertz CT molecular complexity index is 726. The van der Waals surface area contributed by atoms with Crippen molar-refractivity contribution in [3.63, 3.8) is 0 Å². The molecule has 0 heterocycles. The summed E-state index contributed by atoms with van der Waals surface area (Å²) in [5, 5.41) is 6.87. The SMILES string of the molecule is CC[C@H](C)c1ccc(NC(=S)Nc2ccc(N(C)C(C)=O)cc2)cc1. The first-order valence-corrected chi connectivity index (χ1v) is 8.84. The molecular formula is C20H25N3OS. The first-order valence-electron chi connectivity index (χ1n) is 8.43. The predicted molar refractivity (Wildman–Crippen MR) is 111 cm³/mol. The maximum absolute atomic E-state index is 11.4. The van der Waals surface area contributed by atoms with Gasteiger partial charge >= 0.3 is 0 Å². The summed E-state index contributed by atoms with van der Waals surface area (Å²) >= 11 is 5.36. The minimum Gasteiger partial charge on any atom is -0.332 e. The summed E-state index contributed by atoms with van der Waals surface area (Å²) < 4.78 is 0. The number of benzene rings is 2. The van der Waals surface area contributed by atoms with Crippen LogP contribution in [0.3, 0.4) is 0 Å². The summed E-state index contributed by atoms with van der Waals surface area (Å²) in [4.78, 5) is 13.0. The van der Waals surface area contributed by atoms with E-state index in [2.05, 4.69) is 36.6 Å². The molecule has 0 spiro atoms. The molecule has 0 radical (unpaired) electrons. The van der Waals surface area contributed by atoms with Crippen LogP contribution in [0, 0.1) is 0 Å². The van der Waals surface area contributed by atoms with Crippen molar-refractivity contribution in [3.8, 4) is 0 Å². The van der Waals surface area contributed by atoms with Crippen LogP contribution in [0.1, 0.15) is 38.7 Å². The van der Waals surface area contributed by atoms with Crippen molar-refractivity contribution in [3.05, 3.63) is 54.1 Å². The molecule has 2 aromatic carbocycles. The van der Waals surface area contributed by atoms with E-state index in [4.69, 9.17) is 12.2 Å². The average molecular weight is 356 g/mol. The standard InChI is InChI=1S/C20H25N3OS/c1-5-14(2)16-6-8-17(9-7-16)21-20(25)22-18-10-12-19(13-11-18)23(4)15(3)24/h6-14H,5H2,1-4H3,(H2,21,22,25)/t14-/m0/s1. The van der Waals surface area contributed by atoms with Gasteiger partial charge in [0.15, 0.2) is 5.11 Å². The van der Waals surface area contributed by atoms with Gasteiger partial charge < -0.3 is 15.5 Å². The van der Waals surface area contributed by atoms with Crippen molar-refractivity contribution in [1.82, 2.24) is 0 Å². The Morgan fingerprint density at radius 1 is 1.04 bits per heavy atom. The molecule has 0 aliphatic rings. The third-order valence-corrected chi connectivity index (χ3v) is 4.54. The quantitative estimate of drug-likeness (QED) is 0.742. The Kier molecular flexibility index (Phi) is 6.53. The zero-order valence-electron chi connectivity index (χ0n) is 15.2. The Morgan fingerprint density at radius 3 is 1.96 bits per heavy atom. The Balaban J connectivity index is 1.95. The molecule has 0 bridgehead atoms. The van der Waals surface area contributed by atoms with Gasteiger partial charge in [0.25, 0.3) is 0 Å². The fourth-order valence-electron chi connectivity index (χ4n) is 2.37. The van der Waals surface area contributed by atoms with Crippen LogP contribution in [0.4, 0.5) is 17.1 Å². The molecule has 0 saturated carbocycles. The van der Waals surface area contributed by atoms with Crippen molar-refractivity contribution < 1.29 is 4.79 Å². The van der Waals surface area contributed by atoms with Crippen LogP contribution in [0.15, 0.2) is 48.5 Å². The van der Waals surface area contributed by atoms with Crippen molar-refractivity contribution in [2.24, 2.45) is 0 Å². The van der Waals surface area contributed by atoms with Gasteiger partial charge in [0, 0.05) is 31.0 Å². The van der Waals surface area contributed by atoms with E-state index in [1.807, 2.05) is 36.4 Å². The lowest BCUT2D eigenvalue weighted by Crippen LogP contribution is -2.23. The largest absolute Gasteiger partial charge is 0.332 e. The van der Waals surface area contributed by atoms with E-state index in [-0.39, 0.29) is 5.91 Å². The number of carbonyl (C=O) groups is 1. The number of rotatable bonds is 5. The fourth-order valence-corrected chi connectivity index (χ4v) is 2.61. The second-order valence-corrected chi connectivity index (χ2v) is 6.54. The topological polar surface area (TPSA) is 44.4 Å². The average Bonchev–Trinajstić information content (AvgIpc) is 2.61. The second kappa shape index (κ2) is 8.62. The molecule has 1 atom stereocenters. The molecule has 5 heteroatoms. The summed E-state index contributed by atoms with van der Waals surface area (Å²) in [6.07, 6.45) is 1.13. The Hall–Kier alpha value is -2.40. The van der Waals surface area contributed by atoms with Gasteiger partial charge in [0.1, 0.15) is 0 Å². The van der Waals surface area contributed by atoms with E-state index in [0.29, 0.717) is 11.0 Å². The summed E-state index contributed by atoms with van der Waals surface area (Å²) in [5.74, 6) is 0.560. The van der Waals surface area contributed by atoms with Gasteiger partial charge in [0.05, 0.1) is 0 Å². The van der Waals surface area contributed by atoms with E-state index in [1.54, 1.807) is 11.9 Å². The molecule has 132 valence electrons. The minimum absolute atomic E-state index is 0.00117. The number of carbonyl (C=O) groups excluding carboxylic acids is 1. The van der Waals surface area contributed by atoms with Crippen molar-refractivity contribution >= 4 is 40.3 Å². The van der Waals surface area contributed by atoms with E-state index < -0.39 is 0 Å². The van der Waals surface area contributed by atoms with Crippen LogP contribution in [-0.4, -0.2) is 18.1 Å². The summed E-state index contributed by atoms with van der Waals surface area (Å²) in [5.41, 5.74) is 4.00. The smallest absolute Gasteiger partial charge is 0.223 e. The highest BCUT2D eigenvalue weighted by molar-refractivity contribution is 7.80. The maximum atomic E-state index is 11.4. The maximum Gasteiger partial charge on any atom is 0.223 e. The van der Waals surface area contributed by atoms with E-state index in [0.717, 1.165) is 23.5 Å². The number of hydrogen-bond donors (Lipinski definition) is 2. The molecule has 4 nitrogen and oxygen atoms in total. The molecule has 0 fully saturated rings. The Morgan fingerprint density at radius 2 is 1.52 bits per heavy atom. The van der Waals surface area contributed by atoms with Crippen LogP contribution in [-0.2, 0) is 4.79 Å². The molecule has 2 rings (SSSR count). The lowest BCUT2D eigenvalue weighted by molar-refractivity contribution is -0.116. The number of amides is 1. The van der Waals surface area contributed by atoms with Gasteiger partial charge in [-0.05, 0) is 66.5 Å². The second-order valence-electron chi connectivity index (χ2n) is 6.14. The molecule has 2 aromatic rings. The van der Waals surface area contributed by atoms with Gasteiger partial charge in [0.2, 0.25) is 5.91 Å². The first-order chi connectivity index (χ1) is 11.9. The molecular weight excluding hydrogens is 330 g/mol. The highest BCUT2D eigenvalue weighted by atomic mass is 32.1. The van der Waals surface area contributed by atoms with Crippen molar-refractivity contribution in [1.29, 1.82) is 0 Å². The molecule has 1 amide bonds. The van der Waals surface area contributed by atoms with Crippen LogP contribution < -0.4 is 15.5 Å². The highest BCUT2D eigenvalue weighted by Crippen LogP contribution is 2.21. The van der Waals surface area contributed by atoms with Gasteiger partial charge in [-0.15, -0.1) is 0 Å². The van der Waals surface area contributed by atoms with Gasteiger partial charge in [-0.2, -0.15) is 0 Å². The number of anilines is 3. The number of nitrogens with zero attached hydrogens (tertiary/aromatic N) is 1. The predicted octanol–water partition coefficient (Wildman–Crippen LogP) is 4.99. The highest BCUT2D eigenvalue weighted by Gasteiger charge is 2.06. The molecule has 25 heavy (non-hydrogen) atoms. The van der Waals surface area contributed by atoms with Gasteiger partial charge in [-0.1, -0.05) is 26.0 Å². The van der Waals surface area contributed by atoms with Crippen molar-refractivity contribution in [2.45, 2.75) is 33.1 Å². The van der Waals surface area contributed by atoms with Crippen LogP contribution >= 0.6 is 12.2 Å². The van der Waals surface area contributed by atoms with Crippen LogP contribution in [0.2, 0.25) is 0 Å². The normalized spacial score (nSPS) is 11.5. The lowest BCUT2D eigenvalue weighted by Gasteiger charge is -2.16.